The maximum absolute atomic E-state index is 3.93. The van der Waals surface area contributed by atoms with Gasteiger partial charge in [0.1, 0.15) is 0 Å². The summed E-state index contributed by atoms with van der Waals surface area (Å²) in [6, 6.07) is 11.6. The van der Waals surface area contributed by atoms with Gasteiger partial charge in [0.2, 0.25) is 0 Å². The molecule has 1 aliphatic rings. The lowest BCUT2D eigenvalue weighted by Gasteiger charge is -2.36. The summed E-state index contributed by atoms with van der Waals surface area (Å²) >= 11 is 0. The van der Waals surface area contributed by atoms with Crippen LogP contribution >= 0.6 is 0 Å². The van der Waals surface area contributed by atoms with Crippen LogP contribution in [-0.2, 0) is 6.42 Å². The van der Waals surface area contributed by atoms with Crippen LogP contribution in [0, 0.1) is 5.92 Å². The molecule has 2 unspecified atom stereocenters. The molecule has 1 N–H and O–H groups in total. The van der Waals surface area contributed by atoms with Crippen LogP contribution in [0.3, 0.4) is 0 Å². The second-order valence-electron chi connectivity index (χ2n) is 7.15. The van der Waals surface area contributed by atoms with Crippen LogP contribution in [0.15, 0.2) is 30.3 Å². The molecule has 0 spiro atoms. The third-order valence-corrected chi connectivity index (χ3v) is 4.84. The quantitative estimate of drug-likeness (QED) is 0.772. The first-order valence-corrected chi connectivity index (χ1v) is 8.40. The fraction of sp³-hybridized carbons (Fsp3) is 0.684. The van der Waals surface area contributed by atoms with Gasteiger partial charge in [-0.15, -0.1) is 0 Å². The molecule has 1 aromatic carbocycles. The normalized spacial score (nSPS) is 23.8. The van der Waals surface area contributed by atoms with Crippen LogP contribution in [0.25, 0.3) is 0 Å². The molecule has 0 heterocycles. The smallest absolute Gasteiger partial charge is 0.0130 e. The molecule has 1 aromatic rings. The second-order valence-corrected chi connectivity index (χ2v) is 7.15. The summed E-state index contributed by atoms with van der Waals surface area (Å²) < 4.78 is 0. The van der Waals surface area contributed by atoms with Gasteiger partial charge in [0.25, 0.3) is 0 Å². The van der Waals surface area contributed by atoms with Crippen LogP contribution in [0.2, 0.25) is 0 Å². The standard InChI is InChI=1S/C19H31N/c1-4-16-11-8-12-18(15-16)20-19(2,3)14-13-17-9-6-5-7-10-17/h5-7,9-10,16,18,20H,4,8,11-15H2,1-3H3. The predicted molar refractivity (Wildman–Crippen MR) is 88.0 cm³/mol. The minimum absolute atomic E-state index is 0.246. The SMILES string of the molecule is CCC1CCCC(NC(C)(C)CCc2ccccc2)C1. The molecule has 1 saturated carbocycles. The summed E-state index contributed by atoms with van der Waals surface area (Å²) in [6.07, 6.45) is 9.33. The minimum atomic E-state index is 0.246. The van der Waals surface area contributed by atoms with Crippen LogP contribution in [0.1, 0.15) is 64.9 Å². The lowest BCUT2D eigenvalue weighted by Crippen LogP contribution is -2.48. The average molecular weight is 273 g/mol. The summed E-state index contributed by atoms with van der Waals surface area (Å²) in [7, 11) is 0. The van der Waals surface area contributed by atoms with Gasteiger partial charge < -0.3 is 5.32 Å². The fourth-order valence-electron chi connectivity index (χ4n) is 3.52. The van der Waals surface area contributed by atoms with Crippen molar-refractivity contribution >= 4 is 0 Å². The highest BCUT2D eigenvalue weighted by Gasteiger charge is 2.26. The summed E-state index contributed by atoms with van der Waals surface area (Å²) in [5.74, 6) is 0.950. The molecule has 1 fully saturated rings. The molecule has 112 valence electrons. The van der Waals surface area contributed by atoms with Crippen molar-refractivity contribution in [3.8, 4) is 0 Å². The van der Waals surface area contributed by atoms with Crippen molar-refractivity contribution in [2.75, 3.05) is 0 Å². The molecule has 0 saturated heterocycles. The van der Waals surface area contributed by atoms with Gasteiger partial charge in [0.15, 0.2) is 0 Å². The van der Waals surface area contributed by atoms with Crippen molar-refractivity contribution in [2.24, 2.45) is 5.92 Å². The Bertz CT molecular complexity index is 382. The molecule has 1 aliphatic carbocycles. The van der Waals surface area contributed by atoms with Crippen LogP contribution in [0.5, 0.6) is 0 Å². The second kappa shape index (κ2) is 7.26. The Morgan fingerprint density at radius 2 is 1.90 bits per heavy atom. The van der Waals surface area contributed by atoms with E-state index in [4.69, 9.17) is 0 Å². The topological polar surface area (TPSA) is 12.0 Å². The number of hydrogen-bond donors (Lipinski definition) is 1. The molecule has 2 rings (SSSR count). The molecule has 0 aliphatic heterocycles. The highest BCUT2D eigenvalue weighted by atomic mass is 15.0. The van der Waals surface area contributed by atoms with Gasteiger partial charge >= 0.3 is 0 Å². The summed E-state index contributed by atoms with van der Waals surface area (Å²) in [4.78, 5) is 0. The predicted octanol–water partition coefficient (Wildman–Crippen LogP) is 4.96. The summed E-state index contributed by atoms with van der Waals surface area (Å²) in [6.45, 7) is 7.07. The third kappa shape index (κ3) is 4.94. The van der Waals surface area contributed by atoms with E-state index in [1.165, 1.54) is 50.5 Å². The lowest BCUT2D eigenvalue weighted by molar-refractivity contribution is 0.224. The van der Waals surface area contributed by atoms with Gasteiger partial charge in [-0.3, -0.25) is 0 Å². The first kappa shape index (κ1) is 15.6. The molecule has 1 heteroatoms. The first-order valence-electron chi connectivity index (χ1n) is 8.40. The van der Waals surface area contributed by atoms with Crippen molar-refractivity contribution in [2.45, 2.75) is 77.3 Å². The van der Waals surface area contributed by atoms with Crippen LogP contribution in [-0.4, -0.2) is 11.6 Å². The van der Waals surface area contributed by atoms with Crippen molar-refractivity contribution < 1.29 is 0 Å². The molecule has 0 bridgehead atoms. The Balaban J connectivity index is 1.81. The molecule has 0 radical (unpaired) electrons. The Labute approximate surface area is 125 Å². The lowest BCUT2D eigenvalue weighted by atomic mass is 9.82. The van der Waals surface area contributed by atoms with Gasteiger partial charge in [0, 0.05) is 11.6 Å². The Morgan fingerprint density at radius 1 is 1.15 bits per heavy atom. The molecular weight excluding hydrogens is 242 g/mol. The van der Waals surface area contributed by atoms with E-state index in [9.17, 15) is 0 Å². The maximum Gasteiger partial charge on any atom is 0.0130 e. The van der Waals surface area contributed by atoms with Gasteiger partial charge in [-0.2, -0.15) is 0 Å². The van der Waals surface area contributed by atoms with Gasteiger partial charge in [-0.25, -0.2) is 0 Å². The van der Waals surface area contributed by atoms with E-state index < -0.39 is 0 Å². The zero-order chi connectivity index (χ0) is 14.4. The number of benzene rings is 1. The Hall–Kier alpha value is -0.820. The Morgan fingerprint density at radius 3 is 2.60 bits per heavy atom. The van der Waals surface area contributed by atoms with E-state index in [0.717, 1.165) is 12.0 Å². The van der Waals surface area contributed by atoms with E-state index in [0.29, 0.717) is 0 Å². The van der Waals surface area contributed by atoms with E-state index in [2.05, 4.69) is 56.4 Å². The van der Waals surface area contributed by atoms with Gasteiger partial charge in [0.05, 0.1) is 0 Å². The summed E-state index contributed by atoms with van der Waals surface area (Å²) in [5, 5.41) is 3.93. The molecule has 2 atom stereocenters. The van der Waals surface area contributed by atoms with Crippen molar-refractivity contribution in [1.29, 1.82) is 0 Å². The van der Waals surface area contributed by atoms with Crippen LogP contribution in [0.4, 0.5) is 0 Å². The van der Waals surface area contributed by atoms with E-state index in [-0.39, 0.29) is 5.54 Å². The van der Waals surface area contributed by atoms with Gasteiger partial charge in [-0.1, -0.05) is 56.5 Å². The molecule has 1 nitrogen and oxygen atoms in total. The average Bonchev–Trinajstić information content (AvgIpc) is 2.46. The van der Waals surface area contributed by atoms with E-state index in [1.54, 1.807) is 0 Å². The highest BCUT2D eigenvalue weighted by molar-refractivity contribution is 5.15. The Kier molecular flexibility index (Phi) is 5.65. The fourth-order valence-corrected chi connectivity index (χ4v) is 3.52. The minimum Gasteiger partial charge on any atom is -0.309 e. The molecule has 0 aromatic heterocycles. The highest BCUT2D eigenvalue weighted by Crippen LogP contribution is 2.28. The monoisotopic (exact) mass is 273 g/mol. The number of nitrogens with one attached hydrogen (secondary N) is 1. The largest absolute Gasteiger partial charge is 0.309 e. The molecule has 0 amide bonds. The van der Waals surface area contributed by atoms with E-state index in [1.807, 2.05) is 0 Å². The third-order valence-electron chi connectivity index (χ3n) is 4.84. The zero-order valence-corrected chi connectivity index (χ0v) is 13.5. The van der Waals surface area contributed by atoms with Crippen molar-refractivity contribution in [1.82, 2.24) is 5.32 Å². The first-order chi connectivity index (χ1) is 9.59. The van der Waals surface area contributed by atoms with Gasteiger partial charge in [-0.05, 0) is 51.0 Å². The van der Waals surface area contributed by atoms with Crippen molar-refractivity contribution in [3.63, 3.8) is 0 Å². The van der Waals surface area contributed by atoms with E-state index >= 15 is 0 Å². The molecular formula is C19H31N. The van der Waals surface area contributed by atoms with Crippen molar-refractivity contribution in [3.05, 3.63) is 35.9 Å². The van der Waals surface area contributed by atoms with Crippen LogP contribution < -0.4 is 5.32 Å². The maximum atomic E-state index is 3.93. The number of hydrogen-bond acceptors (Lipinski definition) is 1. The zero-order valence-electron chi connectivity index (χ0n) is 13.5. The number of aryl methyl sites for hydroxylation is 1. The molecule has 20 heavy (non-hydrogen) atoms. The number of rotatable bonds is 6. The summed E-state index contributed by atoms with van der Waals surface area (Å²) in [5.41, 5.74) is 1.70.